The second kappa shape index (κ2) is 8.34. The number of rotatable bonds is 4. The lowest BCUT2D eigenvalue weighted by Gasteiger charge is -2.38. The van der Waals surface area contributed by atoms with Crippen LogP contribution in [0.15, 0.2) is 54.4 Å². The van der Waals surface area contributed by atoms with E-state index in [0.29, 0.717) is 12.8 Å². The van der Waals surface area contributed by atoms with Crippen LogP contribution in [0, 0.1) is 0 Å². The number of hydrazine groups is 1. The van der Waals surface area contributed by atoms with E-state index in [4.69, 9.17) is 4.74 Å². The molecule has 25 heavy (non-hydrogen) atoms. The molecular formula is C21H29FN2O. The maximum absolute atomic E-state index is 13.5. The van der Waals surface area contributed by atoms with E-state index >= 15 is 0 Å². The fourth-order valence-corrected chi connectivity index (χ4v) is 3.01. The molecule has 0 radical (unpaired) electrons. The van der Waals surface area contributed by atoms with E-state index in [1.165, 1.54) is 0 Å². The molecule has 1 heterocycles. The van der Waals surface area contributed by atoms with Crippen molar-refractivity contribution in [3.63, 3.8) is 0 Å². The minimum Gasteiger partial charge on any atom is -0.490 e. The van der Waals surface area contributed by atoms with Crippen molar-refractivity contribution in [3.8, 4) is 5.75 Å². The number of nitrogens with zero attached hydrogens (tertiary/aromatic N) is 1. The standard InChI is InChI=1S/C19H23FN2O.C2H6/c1-4-16-11-15(9-10-22(16)21-3)14-5-7-17(8-6-14)23-18-12-19(2,20)13-18;1-2/h4-11,18,21H,12-13H2,1-3H3;1-2H3/b16-4-;. The Bertz CT molecular complexity index is 651. The molecule has 1 fully saturated rings. The minimum atomic E-state index is -1.05. The average molecular weight is 344 g/mol. The highest BCUT2D eigenvalue weighted by atomic mass is 19.1. The summed E-state index contributed by atoms with van der Waals surface area (Å²) in [4.78, 5) is 0. The number of ether oxygens (including phenoxy) is 1. The number of allylic oxidation sites excluding steroid dienone is 4. The summed E-state index contributed by atoms with van der Waals surface area (Å²) < 4.78 is 19.3. The van der Waals surface area contributed by atoms with Crippen LogP contribution < -0.4 is 10.2 Å². The molecule has 0 atom stereocenters. The topological polar surface area (TPSA) is 24.5 Å². The molecule has 0 spiro atoms. The molecule has 3 nitrogen and oxygen atoms in total. The molecule has 0 bridgehead atoms. The zero-order valence-electron chi connectivity index (χ0n) is 15.8. The van der Waals surface area contributed by atoms with Crippen LogP contribution in [0.4, 0.5) is 4.39 Å². The summed E-state index contributed by atoms with van der Waals surface area (Å²) in [6.45, 7) is 7.65. The van der Waals surface area contributed by atoms with E-state index in [2.05, 4.69) is 23.7 Å². The minimum absolute atomic E-state index is 0.00320. The SMILES string of the molecule is C/C=C1/C=C(c2ccc(OC3CC(C)(F)C3)cc2)C=CN1NC.CC. The summed E-state index contributed by atoms with van der Waals surface area (Å²) in [6, 6.07) is 8.00. The van der Waals surface area contributed by atoms with Crippen molar-refractivity contribution in [3.05, 3.63) is 60.0 Å². The van der Waals surface area contributed by atoms with Crippen molar-refractivity contribution < 1.29 is 9.13 Å². The highest BCUT2D eigenvalue weighted by Crippen LogP contribution is 2.38. The Morgan fingerprint density at radius 1 is 1.24 bits per heavy atom. The van der Waals surface area contributed by atoms with Crippen molar-refractivity contribution >= 4 is 5.57 Å². The van der Waals surface area contributed by atoms with E-state index in [0.717, 1.165) is 22.6 Å². The summed E-state index contributed by atoms with van der Waals surface area (Å²) in [5.74, 6) is 0.803. The quantitative estimate of drug-likeness (QED) is 0.809. The lowest BCUT2D eigenvalue weighted by molar-refractivity contribution is -0.0291. The fraction of sp³-hybridized carbons (Fsp3) is 0.429. The number of hydrogen-bond donors (Lipinski definition) is 1. The summed E-state index contributed by atoms with van der Waals surface area (Å²) >= 11 is 0. The van der Waals surface area contributed by atoms with Gasteiger partial charge in [0.2, 0.25) is 0 Å². The highest BCUT2D eigenvalue weighted by molar-refractivity contribution is 5.77. The third-order valence-corrected chi connectivity index (χ3v) is 4.32. The second-order valence-corrected chi connectivity index (χ2v) is 6.31. The molecule has 136 valence electrons. The van der Waals surface area contributed by atoms with Gasteiger partial charge in [0.15, 0.2) is 0 Å². The average Bonchev–Trinajstić information content (AvgIpc) is 2.62. The van der Waals surface area contributed by atoms with Crippen LogP contribution in [0.3, 0.4) is 0 Å². The van der Waals surface area contributed by atoms with Crippen LogP contribution in [-0.2, 0) is 0 Å². The van der Waals surface area contributed by atoms with Crippen LogP contribution in [0.25, 0.3) is 5.57 Å². The maximum Gasteiger partial charge on any atom is 0.119 e. The van der Waals surface area contributed by atoms with E-state index in [1.54, 1.807) is 6.92 Å². The van der Waals surface area contributed by atoms with Gasteiger partial charge in [-0.1, -0.05) is 32.1 Å². The van der Waals surface area contributed by atoms with Gasteiger partial charge in [-0.2, -0.15) is 0 Å². The molecule has 1 saturated carbocycles. The van der Waals surface area contributed by atoms with Gasteiger partial charge in [0.25, 0.3) is 0 Å². The van der Waals surface area contributed by atoms with Gasteiger partial charge in [-0.25, -0.2) is 9.82 Å². The number of alkyl halides is 1. The molecule has 1 aliphatic carbocycles. The molecule has 1 N–H and O–H groups in total. The lowest BCUT2D eigenvalue weighted by atomic mass is 9.81. The smallest absolute Gasteiger partial charge is 0.119 e. The van der Waals surface area contributed by atoms with Gasteiger partial charge in [0, 0.05) is 26.1 Å². The van der Waals surface area contributed by atoms with Crippen molar-refractivity contribution in [1.82, 2.24) is 10.4 Å². The Labute approximate surface area is 150 Å². The fourth-order valence-electron chi connectivity index (χ4n) is 3.01. The summed E-state index contributed by atoms with van der Waals surface area (Å²) in [7, 11) is 1.89. The van der Waals surface area contributed by atoms with Crippen molar-refractivity contribution in [2.45, 2.75) is 52.3 Å². The van der Waals surface area contributed by atoms with E-state index in [1.807, 2.05) is 63.3 Å². The molecule has 1 aromatic carbocycles. The molecule has 1 aromatic rings. The first-order valence-corrected chi connectivity index (χ1v) is 8.99. The maximum atomic E-state index is 13.5. The third-order valence-electron chi connectivity index (χ3n) is 4.32. The highest BCUT2D eigenvalue weighted by Gasteiger charge is 2.42. The van der Waals surface area contributed by atoms with Crippen molar-refractivity contribution in [2.24, 2.45) is 0 Å². The Balaban J connectivity index is 0.00000109. The molecule has 0 unspecified atom stereocenters. The Hall–Kier alpha value is -2.07. The number of halogens is 1. The van der Waals surface area contributed by atoms with Gasteiger partial charge >= 0.3 is 0 Å². The molecule has 4 heteroatoms. The Kier molecular flexibility index (Phi) is 6.43. The zero-order chi connectivity index (χ0) is 18.4. The Morgan fingerprint density at radius 3 is 2.40 bits per heavy atom. The molecule has 3 rings (SSSR count). The van der Waals surface area contributed by atoms with Gasteiger partial charge in [0.1, 0.15) is 17.5 Å². The van der Waals surface area contributed by atoms with Crippen LogP contribution in [0.2, 0.25) is 0 Å². The molecule has 2 aliphatic rings. The molecule has 1 aliphatic heterocycles. The number of nitrogens with one attached hydrogen (secondary N) is 1. The predicted molar refractivity (Wildman–Crippen MR) is 103 cm³/mol. The first-order chi connectivity index (χ1) is 12.0. The molecule has 0 saturated heterocycles. The summed E-state index contributed by atoms with van der Waals surface area (Å²) in [6.07, 6.45) is 9.23. The van der Waals surface area contributed by atoms with Crippen LogP contribution in [0.5, 0.6) is 5.75 Å². The Morgan fingerprint density at radius 2 is 1.88 bits per heavy atom. The van der Waals surface area contributed by atoms with Crippen LogP contribution in [-0.4, -0.2) is 23.8 Å². The summed E-state index contributed by atoms with van der Waals surface area (Å²) in [5.41, 5.74) is 5.44. The van der Waals surface area contributed by atoms with Gasteiger partial charge in [-0.05, 0) is 49.3 Å². The number of benzene rings is 1. The van der Waals surface area contributed by atoms with Crippen LogP contribution in [0.1, 0.15) is 46.1 Å². The molecule has 0 amide bonds. The first-order valence-electron chi connectivity index (χ1n) is 8.99. The zero-order valence-corrected chi connectivity index (χ0v) is 15.8. The first kappa shape index (κ1) is 19.3. The normalized spacial score (nSPS) is 26.5. The van der Waals surface area contributed by atoms with Gasteiger partial charge in [-0.3, -0.25) is 5.01 Å². The van der Waals surface area contributed by atoms with Crippen LogP contribution >= 0.6 is 0 Å². The third kappa shape index (κ3) is 4.73. The number of hydrogen-bond acceptors (Lipinski definition) is 3. The second-order valence-electron chi connectivity index (χ2n) is 6.31. The predicted octanol–water partition coefficient (Wildman–Crippen LogP) is 5.23. The van der Waals surface area contributed by atoms with Crippen molar-refractivity contribution in [2.75, 3.05) is 7.05 Å². The lowest BCUT2D eigenvalue weighted by Crippen LogP contribution is -2.44. The van der Waals surface area contributed by atoms with Gasteiger partial charge in [0.05, 0.1) is 5.70 Å². The van der Waals surface area contributed by atoms with Crippen molar-refractivity contribution in [1.29, 1.82) is 0 Å². The van der Waals surface area contributed by atoms with E-state index in [-0.39, 0.29) is 6.10 Å². The summed E-state index contributed by atoms with van der Waals surface area (Å²) in [5, 5.41) is 1.96. The monoisotopic (exact) mass is 344 g/mol. The van der Waals surface area contributed by atoms with E-state index < -0.39 is 5.67 Å². The molecular weight excluding hydrogens is 315 g/mol. The van der Waals surface area contributed by atoms with Gasteiger partial charge < -0.3 is 4.74 Å². The van der Waals surface area contributed by atoms with E-state index in [9.17, 15) is 4.39 Å². The molecule has 0 aromatic heterocycles. The largest absolute Gasteiger partial charge is 0.490 e. The van der Waals surface area contributed by atoms with Gasteiger partial charge in [-0.15, -0.1) is 0 Å².